The summed E-state index contributed by atoms with van der Waals surface area (Å²) in [5, 5.41) is 3.74. The fourth-order valence-corrected chi connectivity index (χ4v) is 2.84. The molecule has 0 rings (SSSR count). The molecule has 0 heterocycles. The Balaban J connectivity index is 4.33. The van der Waals surface area contributed by atoms with Gasteiger partial charge in [0.05, 0.1) is 0 Å². The molecule has 1 N–H and O–H groups in total. The first-order chi connectivity index (χ1) is 8.23. The van der Waals surface area contributed by atoms with Crippen LogP contribution in [0.1, 0.15) is 79.6 Å². The Labute approximate surface area is 110 Å². The second-order valence-corrected chi connectivity index (χ2v) is 5.39. The zero-order chi connectivity index (χ0) is 13.1. The largest absolute Gasteiger partial charge is 0.314 e. The second kappa shape index (κ2) is 11.1. The van der Waals surface area contributed by atoms with Gasteiger partial charge < -0.3 is 5.32 Å². The van der Waals surface area contributed by atoms with Crippen LogP contribution in [0.4, 0.5) is 0 Å². The van der Waals surface area contributed by atoms with E-state index in [4.69, 9.17) is 0 Å². The second-order valence-electron chi connectivity index (χ2n) is 5.39. The highest BCUT2D eigenvalue weighted by Crippen LogP contribution is 2.24. The van der Waals surface area contributed by atoms with Gasteiger partial charge in [0, 0.05) is 6.04 Å². The Morgan fingerprint density at radius 3 is 1.94 bits per heavy atom. The van der Waals surface area contributed by atoms with E-state index < -0.39 is 0 Å². The van der Waals surface area contributed by atoms with Crippen molar-refractivity contribution in [2.75, 3.05) is 6.54 Å². The molecule has 0 amide bonds. The van der Waals surface area contributed by atoms with Crippen molar-refractivity contribution in [3.63, 3.8) is 0 Å². The smallest absolute Gasteiger partial charge is 0.00977 e. The minimum atomic E-state index is 0.751. The lowest BCUT2D eigenvalue weighted by Gasteiger charge is -2.30. The van der Waals surface area contributed by atoms with E-state index in [1.54, 1.807) is 0 Å². The number of hydrogen-bond donors (Lipinski definition) is 1. The summed E-state index contributed by atoms with van der Waals surface area (Å²) in [4.78, 5) is 0. The zero-order valence-corrected chi connectivity index (χ0v) is 12.9. The molecular formula is C16H35N. The Kier molecular flexibility index (Phi) is 11.0. The van der Waals surface area contributed by atoms with Crippen molar-refractivity contribution >= 4 is 0 Å². The zero-order valence-electron chi connectivity index (χ0n) is 12.9. The molecule has 0 bridgehead atoms. The van der Waals surface area contributed by atoms with Crippen molar-refractivity contribution in [3.8, 4) is 0 Å². The molecule has 1 heteroatoms. The molecule has 0 saturated heterocycles. The lowest BCUT2D eigenvalue weighted by atomic mass is 9.84. The van der Waals surface area contributed by atoms with Crippen molar-refractivity contribution < 1.29 is 0 Å². The third kappa shape index (κ3) is 7.08. The van der Waals surface area contributed by atoms with Crippen molar-refractivity contribution in [1.29, 1.82) is 0 Å². The van der Waals surface area contributed by atoms with E-state index in [0.717, 1.165) is 24.4 Å². The van der Waals surface area contributed by atoms with Crippen LogP contribution >= 0.6 is 0 Å². The maximum atomic E-state index is 3.74. The fourth-order valence-electron chi connectivity index (χ4n) is 2.84. The van der Waals surface area contributed by atoms with Crippen LogP contribution in [0.25, 0.3) is 0 Å². The first-order valence-electron chi connectivity index (χ1n) is 7.96. The van der Waals surface area contributed by atoms with Gasteiger partial charge in [-0.3, -0.25) is 0 Å². The third-order valence-corrected chi connectivity index (χ3v) is 4.23. The summed E-state index contributed by atoms with van der Waals surface area (Å²) in [6.07, 6.45) is 9.51. The molecule has 0 aliphatic carbocycles. The third-order valence-electron chi connectivity index (χ3n) is 4.23. The van der Waals surface area contributed by atoms with Crippen LogP contribution in [-0.4, -0.2) is 12.6 Å². The Bertz CT molecular complexity index is 152. The summed E-state index contributed by atoms with van der Waals surface area (Å²) in [6, 6.07) is 0.751. The van der Waals surface area contributed by atoms with Gasteiger partial charge in [-0.05, 0) is 31.2 Å². The quantitative estimate of drug-likeness (QED) is 0.536. The molecule has 0 aromatic heterocycles. The van der Waals surface area contributed by atoms with E-state index in [1.807, 2.05) is 0 Å². The van der Waals surface area contributed by atoms with E-state index in [0.29, 0.717) is 0 Å². The predicted molar refractivity (Wildman–Crippen MR) is 79.5 cm³/mol. The van der Waals surface area contributed by atoms with Crippen LogP contribution in [-0.2, 0) is 0 Å². The van der Waals surface area contributed by atoms with Gasteiger partial charge in [-0.2, -0.15) is 0 Å². The SMILES string of the molecule is CCCCC(CC)C(CC(CC)CC)NCC. The molecular weight excluding hydrogens is 206 g/mol. The van der Waals surface area contributed by atoms with Gasteiger partial charge in [0.25, 0.3) is 0 Å². The fraction of sp³-hybridized carbons (Fsp3) is 1.00. The standard InChI is InChI=1S/C16H35N/c1-6-11-12-15(9-4)16(17-10-5)13-14(7-2)8-3/h14-17H,6-13H2,1-5H3. The lowest BCUT2D eigenvalue weighted by molar-refractivity contribution is 0.263. The molecule has 1 nitrogen and oxygen atoms in total. The van der Waals surface area contributed by atoms with Crippen LogP contribution in [0.15, 0.2) is 0 Å². The molecule has 104 valence electrons. The van der Waals surface area contributed by atoms with Crippen molar-refractivity contribution in [2.24, 2.45) is 11.8 Å². The van der Waals surface area contributed by atoms with Gasteiger partial charge in [0.15, 0.2) is 0 Å². The first-order valence-corrected chi connectivity index (χ1v) is 7.96. The molecule has 0 aliphatic rings. The van der Waals surface area contributed by atoms with Crippen LogP contribution in [0.2, 0.25) is 0 Å². The summed E-state index contributed by atoms with van der Waals surface area (Å²) >= 11 is 0. The van der Waals surface area contributed by atoms with E-state index in [1.165, 1.54) is 44.9 Å². The molecule has 0 aromatic rings. The maximum Gasteiger partial charge on any atom is 0.00977 e. The van der Waals surface area contributed by atoms with Gasteiger partial charge in [-0.1, -0.05) is 66.7 Å². The predicted octanol–water partition coefficient (Wildman–Crippen LogP) is 5.01. The van der Waals surface area contributed by atoms with Crippen molar-refractivity contribution in [2.45, 2.75) is 85.6 Å². The summed E-state index contributed by atoms with van der Waals surface area (Å²) in [5.41, 5.74) is 0. The maximum absolute atomic E-state index is 3.74. The molecule has 0 aromatic carbocycles. The molecule has 0 spiro atoms. The highest BCUT2D eigenvalue weighted by molar-refractivity contribution is 4.78. The highest BCUT2D eigenvalue weighted by atomic mass is 14.9. The van der Waals surface area contributed by atoms with Crippen LogP contribution < -0.4 is 5.32 Å². The normalized spacial score (nSPS) is 15.2. The van der Waals surface area contributed by atoms with E-state index in [9.17, 15) is 0 Å². The van der Waals surface area contributed by atoms with E-state index in [-0.39, 0.29) is 0 Å². The van der Waals surface area contributed by atoms with Crippen LogP contribution in [0, 0.1) is 11.8 Å². The van der Waals surface area contributed by atoms with Gasteiger partial charge >= 0.3 is 0 Å². The first kappa shape index (κ1) is 17.0. The summed E-state index contributed by atoms with van der Waals surface area (Å²) in [5.74, 6) is 1.80. The Morgan fingerprint density at radius 1 is 0.882 bits per heavy atom. The summed E-state index contributed by atoms with van der Waals surface area (Å²) < 4.78 is 0. The molecule has 0 saturated carbocycles. The molecule has 2 atom stereocenters. The van der Waals surface area contributed by atoms with Gasteiger partial charge in [0.2, 0.25) is 0 Å². The number of rotatable bonds is 11. The summed E-state index contributed by atoms with van der Waals surface area (Å²) in [7, 11) is 0. The topological polar surface area (TPSA) is 12.0 Å². The van der Waals surface area contributed by atoms with Gasteiger partial charge in [-0.25, -0.2) is 0 Å². The van der Waals surface area contributed by atoms with Crippen molar-refractivity contribution in [3.05, 3.63) is 0 Å². The monoisotopic (exact) mass is 241 g/mol. The van der Waals surface area contributed by atoms with Gasteiger partial charge in [-0.15, -0.1) is 0 Å². The highest BCUT2D eigenvalue weighted by Gasteiger charge is 2.21. The molecule has 0 fully saturated rings. The Morgan fingerprint density at radius 2 is 1.53 bits per heavy atom. The number of nitrogens with one attached hydrogen (secondary N) is 1. The van der Waals surface area contributed by atoms with Crippen molar-refractivity contribution in [1.82, 2.24) is 5.32 Å². The molecule has 0 radical (unpaired) electrons. The minimum absolute atomic E-state index is 0.751. The van der Waals surface area contributed by atoms with Crippen LogP contribution in [0.3, 0.4) is 0 Å². The average Bonchev–Trinajstić information content (AvgIpc) is 2.36. The van der Waals surface area contributed by atoms with E-state index in [2.05, 4.69) is 39.9 Å². The lowest BCUT2D eigenvalue weighted by Crippen LogP contribution is -2.37. The Hall–Kier alpha value is -0.0400. The average molecular weight is 241 g/mol. The molecule has 17 heavy (non-hydrogen) atoms. The van der Waals surface area contributed by atoms with Crippen LogP contribution in [0.5, 0.6) is 0 Å². The molecule has 0 aliphatic heterocycles. The van der Waals surface area contributed by atoms with E-state index >= 15 is 0 Å². The van der Waals surface area contributed by atoms with Gasteiger partial charge in [0.1, 0.15) is 0 Å². The number of unbranched alkanes of at least 4 members (excludes halogenated alkanes) is 1. The molecule has 2 unspecified atom stereocenters. The minimum Gasteiger partial charge on any atom is -0.314 e. The summed E-state index contributed by atoms with van der Waals surface area (Å²) in [6.45, 7) is 12.7. The number of hydrogen-bond acceptors (Lipinski definition) is 1.